The quantitative estimate of drug-likeness (QED) is 0.157. The van der Waals surface area contributed by atoms with E-state index in [1.807, 2.05) is 35.6 Å². The van der Waals surface area contributed by atoms with Gasteiger partial charge >= 0.3 is 0 Å². The maximum Gasteiger partial charge on any atom is 0.133 e. The summed E-state index contributed by atoms with van der Waals surface area (Å²) in [5, 5.41) is 4.15. The lowest BCUT2D eigenvalue weighted by molar-refractivity contribution is 0.640. The number of hydrogen-bond acceptors (Lipinski definition) is 2. The third kappa shape index (κ3) is 5.69. The Morgan fingerprint density at radius 3 is 1.79 bits per heavy atom. The van der Waals surface area contributed by atoms with Gasteiger partial charge in [0, 0.05) is 53.6 Å². The van der Waals surface area contributed by atoms with Crippen LogP contribution in [0, 0.1) is 5.82 Å². The summed E-state index contributed by atoms with van der Waals surface area (Å²) in [7, 11) is 0. The highest BCUT2D eigenvalue weighted by Gasteiger charge is 2.19. The second kappa shape index (κ2) is 14.0. The molecule has 0 aliphatic heterocycles. The Morgan fingerprint density at radius 1 is 0.397 bits per heavy atom. The van der Waals surface area contributed by atoms with Gasteiger partial charge in [0.05, 0.1) is 16.7 Å². The molecule has 274 valence electrons. The summed E-state index contributed by atoms with van der Waals surface area (Å²) in [6, 6.07) is 74.2. The Kier molecular flexibility index (Phi) is 8.23. The predicted molar refractivity (Wildman–Crippen MR) is 245 cm³/mol. The fourth-order valence-corrected chi connectivity index (χ4v) is 9.84. The summed E-state index contributed by atoms with van der Waals surface area (Å²) in [5.41, 5.74) is 12.9. The van der Waals surface area contributed by atoms with Gasteiger partial charge < -0.3 is 9.47 Å². The van der Waals surface area contributed by atoms with Crippen molar-refractivity contribution in [2.45, 2.75) is 0 Å². The second-order valence-electron chi connectivity index (χ2n) is 14.6. The molecule has 11 rings (SSSR count). The molecule has 0 atom stereocenters. The fraction of sp³-hybridized carbons (Fsp3) is 0. The number of halogens is 1. The first kappa shape index (κ1) is 34.0. The van der Waals surface area contributed by atoms with E-state index in [0.717, 1.165) is 55.9 Å². The van der Waals surface area contributed by atoms with E-state index in [0.29, 0.717) is 5.39 Å². The number of rotatable bonds is 7. The predicted octanol–water partition coefficient (Wildman–Crippen LogP) is 15.8. The summed E-state index contributed by atoms with van der Waals surface area (Å²) in [6.45, 7) is 0. The third-order valence-corrected chi connectivity index (χ3v) is 12.5. The second-order valence-corrected chi connectivity index (χ2v) is 15.7. The van der Waals surface area contributed by atoms with Gasteiger partial charge in [-0.05, 0) is 94.5 Å². The minimum absolute atomic E-state index is 0.212. The minimum Gasteiger partial charge on any atom is -0.310 e. The number of nitrogens with zero attached hydrogens (tertiary/aromatic N) is 2. The molecule has 58 heavy (non-hydrogen) atoms. The number of hydrogen-bond donors (Lipinski definition) is 0. The largest absolute Gasteiger partial charge is 0.310 e. The molecule has 2 nitrogen and oxygen atoms in total. The average Bonchev–Trinajstić information content (AvgIpc) is 3.84. The van der Waals surface area contributed by atoms with Crippen molar-refractivity contribution in [1.82, 2.24) is 4.57 Å². The molecule has 0 unspecified atom stereocenters. The lowest BCUT2D eigenvalue weighted by Crippen LogP contribution is -2.10. The molecule has 0 aliphatic carbocycles. The molecule has 9 aromatic carbocycles. The van der Waals surface area contributed by atoms with Gasteiger partial charge in [-0.15, -0.1) is 11.3 Å². The molecule has 4 heteroatoms. The smallest absolute Gasteiger partial charge is 0.133 e. The normalized spacial score (nSPS) is 11.5. The molecular weight excluding hydrogens is 728 g/mol. The van der Waals surface area contributed by atoms with Gasteiger partial charge in [0.1, 0.15) is 5.82 Å². The summed E-state index contributed by atoms with van der Waals surface area (Å²) >= 11 is 1.86. The van der Waals surface area contributed by atoms with Crippen LogP contribution in [0.5, 0.6) is 0 Å². The van der Waals surface area contributed by atoms with Crippen LogP contribution >= 0.6 is 11.3 Å². The molecule has 0 aliphatic rings. The Labute approximate surface area is 339 Å². The molecular formula is C54H35FN2S. The summed E-state index contributed by atoms with van der Waals surface area (Å²) in [6.07, 6.45) is 0. The number of aromatic nitrogens is 1. The summed E-state index contributed by atoms with van der Waals surface area (Å²) in [5.74, 6) is -0.212. The van der Waals surface area contributed by atoms with E-state index in [2.05, 4.69) is 185 Å². The van der Waals surface area contributed by atoms with Crippen molar-refractivity contribution in [3.8, 4) is 39.1 Å². The van der Waals surface area contributed by atoms with Crippen molar-refractivity contribution in [3.05, 3.63) is 218 Å². The molecule has 0 N–H and O–H groups in total. The van der Waals surface area contributed by atoms with Crippen molar-refractivity contribution in [3.63, 3.8) is 0 Å². The molecule has 0 saturated carbocycles. The van der Waals surface area contributed by atoms with Crippen LogP contribution in [0.1, 0.15) is 0 Å². The van der Waals surface area contributed by atoms with E-state index in [1.165, 1.54) is 36.9 Å². The average molecular weight is 763 g/mol. The Hall–Kier alpha value is -7.27. The first-order valence-corrected chi connectivity index (χ1v) is 20.4. The highest BCUT2D eigenvalue weighted by molar-refractivity contribution is 7.26. The molecule has 0 fully saturated rings. The van der Waals surface area contributed by atoms with Crippen molar-refractivity contribution in [2.75, 3.05) is 4.90 Å². The van der Waals surface area contributed by atoms with Crippen LogP contribution < -0.4 is 4.90 Å². The standard InChI is InChI=1S/C54H35FN2S/c55-48-22-12-25-51-53(48)47-19-5-8-24-50(47)57(51)49-23-7-4-17-43(49)37-27-31-40(32-28-37)56(42-16-10-15-39(35-42)36-13-2-1-3-14-36)41-33-29-38(30-34-41)44-20-11-21-46-45-18-6-9-26-52(45)58-54(44)46/h1-35H. The van der Waals surface area contributed by atoms with Gasteiger partial charge in [0.25, 0.3) is 0 Å². The van der Waals surface area contributed by atoms with Gasteiger partial charge in [-0.3, -0.25) is 0 Å². The Morgan fingerprint density at radius 2 is 0.983 bits per heavy atom. The summed E-state index contributed by atoms with van der Waals surface area (Å²) < 4.78 is 20.2. The van der Waals surface area contributed by atoms with E-state index in [-0.39, 0.29) is 5.82 Å². The zero-order valence-electron chi connectivity index (χ0n) is 31.4. The van der Waals surface area contributed by atoms with Crippen LogP contribution in [-0.4, -0.2) is 4.57 Å². The SMILES string of the molecule is Fc1cccc2c1c1ccccc1n2-c1ccccc1-c1ccc(N(c2ccc(-c3cccc4c3sc3ccccc34)cc2)c2cccc(-c3ccccc3)c2)cc1. The number of benzene rings is 9. The zero-order chi connectivity index (χ0) is 38.6. The van der Waals surface area contributed by atoms with Crippen molar-refractivity contribution >= 4 is 70.4 Å². The molecule has 11 aromatic rings. The lowest BCUT2D eigenvalue weighted by atomic mass is 10.0. The van der Waals surface area contributed by atoms with E-state index in [1.54, 1.807) is 12.1 Å². The van der Waals surface area contributed by atoms with E-state index in [4.69, 9.17) is 0 Å². The van der Waals surface area contributed by atoms with Crippen LogP contribution in [0.3, 0.4) is 0 Å². The Bertz CT molecular complexity index is 3290. The molecule has 2 aromatic heterocycles. The topological polar surface area (TPSA) is 8.17 Å². The number of anilines is 3. The molecule has 0 radical (unpaired) electrons. The first-order valence-electron chi connectivity index (χ1n) is 19.5. The summed E-state index contributed by atoms with van der Waals surface area (Å²) in [4.78, 5) is 2.33. The van der Waals surface area contributed by atoms with Crippen LogP contribution in [0.15, 0.2) is 212 Å². The van der Waals surface area contributed by atoms with Gasteiger partial charge in [0.15, 0.2) is 0 Å². The first-order chi connectivity index (χ1) is 28.7. The maximum absolute atomic E-state index is 15.4. The molecule has 2 heterocycles. The van der Waals surface area contributed by atoms with Crippen LogP contribution in [0.4, 0.5) is 21.5 Å². The maximum atomic E-state index is 15.4. The Balaban J connectivity index is 1.02. The molecule has 0 amide bonds. The van der Waals surface area contributed by atoms with Gasteiger partial charge in [-0.25, -0.2) is 4.39 Å². The third-order valence-electron chi connectivity index (χ3n) is 11.3. The molecule has 0 spiro atoms. The van der Waals surface area contributed by atoms with E-state index >= 15 is 4.39 Å². The van der Waals surface area contributed by atoms with Crippen molar-refractivity contribution in [2.24, 2.45) is 0 Å². The number of thiophene rings is 1. The monoisotopic (exact) mass is 762 g/mol. The van der Waals surface area contributed by atoms with Crippen LogP contribution in [-0.2, 0) is 0 Å². The zero-order valence-corrected chi connectivity index (χ0v) is 32.2. The molecule has 0 bridgehead atoms. The fourth-order valence-electron chi connectivity index (χ4n) is 8.60. The van der Waals surface area contributed by atoms with Gasteiger partial charge in [0.2, 0.25) is 0 Å². The highest BCUT2D eigenvalue weighted by Crippen LogP contribution is 2.43. The van der Waals surface area contributed by atoms with Gasteiger partial charge in [-0.1, -0.05) is 146 Å². The van der Waals surface area contributed by atoms with Crippen LogP contribution in [0.2, 0.25) is 0 Å². The van der Waals surface area contributed by atoms with Crippen molar-refractivity contribution in [1.29, 1.82) is 0 Å². The highest BCUT2D eigenvalue weighted by atomic mass is 32.1. The number of para-hydroxylation sites is 2. The lowest BCUT2D eigenvalue weighted by Gasteiger charge is -2.26. The van der Waals surface area contributed by atoms with E-state index in [9.17, 15) is 0 Å². The molecule has 0 saturated heterocycles. The van der Waals surface area contributed by atoms with Gasteiger partial charge in [-0.2, -0.15) is 0 Å². The van der Waals surface area contributed by atoms with Crippen molar-refractivity contribution < 1.29 is 4.39 Å². The number of fused-ring (bicyclic) bond motifs is 6. The van der Waals surface area contributed by atoms with E-state index < -0.39 is 0 Å². The van der Waals surface area contributed by atoms with Crippen LogP contribution in [0.25, 0.3) is 81.0 Å². The minimum atomic E-state index is -0.212.